The van der Waals surface area contributed by atoms with Crippen molar-refractivity contribution in [3.05, 3.63) is 29.8 Å². The number of nitrogens with zero attached hydrogens (tertiary/aromatic N) is 1. The molecule has 1 saturated heterocycles. The van der Waals surface area contributed by atoms with Gasteiger partial charge in [-0.3, -0.25) is 0 Å². The summed E-state index contributed by atoms with van der Waals surface area (Å²) in [5.41, 5.74) is 0.872. The average Bonchev–Trinajstić information content (AvgIpc) is 2.69. The molecule has 19 heavy (non-hydrogen) atoms. The first-order valence-corrected chi connectivity index (χ1v) is 7.87. The van der Waals surface area contributed by atoms with E-state index in [0.717, 1.165) is 18.5 Å². The molecule has 0 spiro atoms. The summed E-state index contributed by atoms with van der Waals surface area (Å²) in [4.78, 5) is 0.351. The molecule has 1 aliphatic heterocycles. The topological polar surface area (TPSA) is 58.6 Å². The lowest BCUT2D eigenvalue weighted by atomic mass is 10.2. The third-order valence-electron chi connectivity index (χ3n) is 3.15. The highest BCUT2D eigenvalue weighted by atomic mass is 32.2. The number of rotatable bonds is 4. The Labute approximate surface area is 114 Å². The molecule has 0 unspecified atom stereocenters. The van der Waals surface area contributed by atoms with E-state index in [1.54, 1.807) is 29.6 Å². The van der Waals surface area contributed by atoms with Crippen LogP contribution >= 0.6 is 0 Å². The third kappa shape index (κ3) is 3.54. The maximum atomic E-state index is 12.6. The van der Waals surface area contributed by atoms with Gasteiger partial charge in [-0.25, -0.2) is 8.42 Å². The number of methoxy groups -OCH3 is 1. The van der Waals surface area contributed by atoms with Gasteiger partial charge in [0.25, 0.3) is 0 Å². The zero-order chi connectivity index (χ0) is 13.7. The van der Waals surface area contributed by atoms with Gasteiger partial charge in [0, 0.05) is 26.7 Å². The van der Waals surface area contributed by atoms with Crippen LogP contribution in [0.2, 0.25) is 0 Å². The van der Waals surface area contributed by atoms with Gasteiger partial charge in [-0.2, -0.15) is 4.31 Å². The van der Waals surface area contributed by atoms with E-state index in [-0.39, 0.29) is 0 Å². The Hall–Kier alpha value is -0.950. The lowest BCUT2D eigenvalue weighted by Crippen LogP contribution is -2.34. The zero-order valence-electron chi connectivity index (χ0n) is 11.1. The van der Waals surface area contributed by atoms with Crippen LogP contribution < -0.4 is 5.32 Å². The summed E-state index contributed by atoms with van der Waals surface area (Å²) in [6, 6.07) is 6.97. The Balaban J connectivity index is 2.24. The molecule has 0 aliphatic carbocycles. The second-order valence-electron chi connectivity index (χ2n) is 4.59. The molecule has 5 nitrogen and oxygen atoms in total. The van der Waals surface area contributed by atoms with E-state index in [1.807, 2.05) is 6.07 Å². The van der Waals surface area contributed by atoms with Crippen LogP contribution in [0.4, 0.5) is 0 Å². The molecule has 1 aliphatic rings. The van der Waals surface area contributed by atoms with Gasteiger partial charge in [0.2, 0.25) is 10.0 Å². The molecule has 1 aromatic carbocycles. The van der Waals surface area contributed by atoms with Crippen molar-refractivity contribution in [2.24, 2.45) is 0 Å². The molecular formula is C13H20N2O3S. The molecular weight excluding hydrogens is 264 g/mol. The van der Waals surface area contributed by atoms with E-state index in [2.05, 4.69) is 5.32 Å². The molecule has 1 N–H and O–H groups in total. The molecule has 1 fully saturated rings. The summed E-state index contributed by atoms with van der Waals surface area (Å²) < 4.78 is 31.7. The molecule has 0 atom stereocenters. The minimum absolute atomic E-state index is 0.351. The van der Waals surface area contributed by atoms with Crippen LogP contribution in [0.3, 0.4) is 0 Å². The fourth-order valence-electron chi connectivity index (χ4n) is 2.17. The summed E-state index contributed by atoms with van der Waals surface area (Å²) in [6.45, 7) is 3.10. The van der Waals surface area contributed by atoms with Crippen LogP contribution in [0, 0.1) is 0 Å². The molecule has 1 aromatic rings. The first-order chi connectivity index (χ1) is 9.14. The van der Waals surface area contributed by atoms with Crippen molar-refractivity contribution < 1.29 is 13.2 Å². The zero-order valence-corrected chi connectivity index (χ0v) is 11.9. The van der Waals surface area contributed by atoms with Crippen molar-refractivity contribution in [3.8, 4) is 0 Å². The van der Waals surface area contributed by atoms with Crippen molar-refractivity contribution >= 4 is 10.0 Å². The molecule has 0 aromatic heterocycles. The van der Waals surface area contributed by atoms with Crippen molar-refractivity contribution in [2.75, 3.05) is 33.3 Å². The summed E-state index contributed by atoms with van der Waals surface area (Å²) in [5, 5.41) is 3.21. The molecule has 106 valence electrons. The van der Waals surface area contributed by atoms with Crippen LogP contribution in [0.25, 0.3) is 0 Å². The van der Waals surface area contributed by atoms with Crippen LogP contribution in [0.1, 0.15) is 12.0 Å². The predicted octanol–water partition coefficient (Wildman–Crippen LogP) is 0.817. The SMILES string of the molecule is COCc1cccc(S(=O)(=O)N2CCCNCC2)c1. The highest BCUT2D eigenvalue weighted by Gasteiger charge is 2.24. The molecule has 0 amide bonds. The fraction of sp³-hybridized carbons (Fsp3) is 0.538. The standard InChI is InChI=1S/C13H20N2O3S/c1-18-11-12-4-2-5-13(10-12)19(16,17)15-8-3-6-14-7-9-15/h2,4-5,10,14H,3,6-9,11H2,1H3. The summed E-state index contributed by atoms with van der Waals surface area (Å²) in [7, 11) is -1.79. The van der Waals surface area contributed by atoms with Crippen LogP contribution in [-0.2, 0) is 21.4 Å². The van der Waals surface area contributed by atoms with E-state index in [4.69, 9.17) is 4.74 Å². The van der Waals surface area contributed by atoms with E-state index >= 15 is 0 Å². The lowest BCUT2D eigenvalue weighted by molar-refractivity contribution is 0.184. The van der Waals surface area contributed by atoms with Gasteiger partial charge in [-0.05, 0) is 30.7 Å². The van der Waals surface area contributed by atoms with Gasteiger partial charge in [0.1, 0.15) is 0 Å². The van der Waals surface area contributed by atoms with Gasteiger partial charge >= 0.3 is 0 Å². The Kier molecular flexibility index (Phi) is 4.93. The van der Waals surface area contributed by atoms with E-state index in [1.165, 1.54) is 0 Å². The quantitative estimate of drug-likeness (QED) is 0.889. The number of benzene rings is 1. The lowest BCUT2D eigenvalue weighted by Gasteiger charge is -2.19. The maximum absolute atomic E-state index is 12.6. The minimum atomic E-state index is -3.39. The van der Waals surface area contributed by atoms with E-state index < -0.39 is 10.0 Å². The minimum Gasteiger partial charge on any atom is -0.380 e. The van der Waals surface area contributed by atoms with Gasteiger partial charge in [-0.15, -0.1) is 0 Å². The first kappa shape index (κ1) is 14.5. The highest BCUT2D eigenvalue weighted by molar-refractivity contribution is 7.89. The van der Waals surface area contributed by atoms with Crippen molar-refractivity contribution in [3.63, 3.8) is 0 Å². The summed E-state index contributed by atoms with van der Waals surface area (Å²) >= 11 is 0. The molecule has 2 rings (SSSR count). The van der Waals surface area contributed by atoms with E-state index in [9.17, 15) is 8.42 Å². The number of hydrogen-bond donors (Lipinski definition) is 1. The fourth-order valence-corrected chi connectivity index (χ4v) is 3.72. The molecule has 1 heterocycles. The van der Waals surface area contributed by atoms with Crippen LogP contribution in [-0.4, -0.2) is 46.0 Å². The number of nitrogens with one attached hydrogen (secondary N) is 1. The van der Waals surface area contributed by atoms with Crippen LogP contribution in [0.15, 0.2) is 29.2 Å². The molecule has 0 bridgehead atoms. The smallest absolute Gasteiger partial charge is 0.243 e. The predicted molar refractivity (Wildman–Crippen MR) is 73.4 cm³/mol. The van der Waals surface area contributed by atoms with Gasteiger partial charge < -0.3 is 10.1 Å². The summed E-state index contributed by atoms with van der Waals surface area (Å²) in [5.74, 6) is 0. The summed E-state index contributed by atoms with van der Waals surface area (Å²) in [6.07, 6.45) is 0.844. The average molecular weight is 284 g/mol. The first-order valence-electron chi connectivity index (χ1n) is 6.43. The van der Waals surface area contributed by atoms with Crippen molar-refractivity contribution in [1.82, 2.24) is 9.62 Å². The number of sulfonamides is 1. The van der Waals surface area contributed by atoms with E-state index in [0.29, 0.717) is 31.1 Å². The molecule has 0 saturated carbocycles. The van der Waals surface area contributed by atoms with Crippen molar-refractivity contribution in [1.29, 1.82) is 0 Å². The van der Waals surface area contributed by atoms with Crippen LogP contribution in [0.5, 0.6) is 0 Å². The largest absolute Gasteiger partial charge is 0.380 e. The molecule has 6 heteroatoms. The second kappa shape index (κ2) is 6.47. The van der Waals surface area contributed by atoms with Gasteiger partial charge in [-0.1, -0.05) is 12.1 Å². The normalized spacial score (nSPS) is 18.2. The van der Waals surface area contributed by atoms with Gasteiger partial charge in [0.15, 0.2) is 0 Å². The Morgan fingerprint density at radius 2 is 2.16 bits per heavy atom. The Morgan fingerprint density at radius 1 is 1.32 bits per heavy atom. The Bertz CT molecular complexity index is 508. The number of hydrogen-bond acceptors (Lipinski definition) is 4. The monoisotopic (exact) mass is 284 g/mol. The third-order valence-corrected chi connectivity index (χ3v) is 5.04. The molecule has 0 radical (unpaired) electrons. The highest BCUT2D eigenvalue weighted by Crippen LogP contribution is 2.18. The second-order valence-corrected chi connectivity index (χ2v) is 6.53. The number of ether oxygens (including phenoxy) is 1. The maximum Gasteiger partial charge on any atom is 0.243 e. The van der Waals surface area contributed by atoms with Crippen molar-refractivity contribution in [2.45, 2.75) is 17.9 Å². The Morgan fingerprint density at radius 3 is 2.95 bits per heavy atom. The van der Waals surface area contributed by atoms with Gasteiger partial charge in [0.05, 0.1) is 11.5 Å².